The Hall–Kier alpha value is -2.41. The van der Waals surface area contributed by atoms with E-state index in [1.807, 2.05) is 0 Å². The van der Waals surface area contributed by atoms with Gasteiger partial charge in [0.15, 0.2) is 11.8 Å². The van der Waals surface area contributed by atoms with Crippen molar-refractivity contribution in [3.8, 4) is 0 Å². The summed E-state index contributed by atoms with van der Waals surface area (Å²) in [7, 11) is 0. The van der Waals surface area contributed by atoms with Crippen LogP contribution in [-0.4, -0.2) is 40.1 Å². The van der Waals surface area contributed by atoms with Gasteiger partial charge in [-0.05, 0) is 26.0 Å². The fraction of sp³-hybridized carbons (Fsp3) is 0.308. The van der Waals surface area contributed by atoms with Crippen molar-refractivity contribution < 1.29 is 24.6 Å². The van der Waals surface area contributed by atoms with Gasteiger partial charge in [0.25, 0.3) is 0 Å². The molecule has 0 saturated heterocycles. The normalized spacial score (nSPS) is 13.2. The summed E-state index contributed by atoms with van der Waals surface area (Å²) < 4.78 is 0. The van der Waals surface area contributed by atoms with Gasteiger partial charge >= 0.3 is 12.0 Å². The molecular formula is C13H16N2O5. The van der Waals surface area contributed by atoms with Crippen LogP contribution in [0.15, 0.2) is 24.3 Å². The smallest absolute Gasteiger partial charge is 0.328 e. The standard InChI is InChI=1S/C13H16N2O5/c1-7(16)9-4-3-5-10(6-9)14-13(20)15-11(8(2)17)12(18)19/h3-6,8,11,17H,1-2H3,(H,18,19)(H2,14,15,20). The highest BCUT2D eigenvalue weighted by atomic mass is 16.4. The van der Waals surface area contributed by atoms with Crippen LogP contribution >= 0.6 is 0 Å². The van der Waals surface area contributed by atoms with E-state index in [4.69, 9.17) is 5.11 Å². The SMILES string of the molecule is CC(=O)c1cccc(NC(=O)NC(C(=O)O)C(C)O)c1. The van der Waals surface area contributed by atoms with Gasteiger partial charge in [0.2, 0.25) is 0 Å². The summed E-state index contributed by atoms with van der Waals surface area (Å²) in [5.41, 5.74) is 0.776. The number of hydrogen-bond acceptors (Lipinski definition) is 4. The van der Waals surface area contributed by atoms with Crippen molar-refractivity contribution in [3.63, 3.8) is 0 Å². The number of Topliss-reactive ketones (excluding diaryl/α,β-unsaturated/α-hetero) is 1. The van der Waals surface area contributed by atoms with Crippen LogP contribution in [0.4, 0.5) is 10.5 Å². The Labute approximate surface area is 115 Å². The molecule has 0 aromatic heterocycles. The molecule has 7 heteroatoms. The number of carbonyl (C=O) groups is 3. The summed E-state index contributed by atoms with van der Waals surface area (Å²) in [4.78, 5) is 33.7. The minimum Gasteiger partial charge on any atom is -0.480 e. The first kappa shape index (κ1) is 15.6. The molecule has 0 heterocycles. The lowest BCUT2D eigenvalue weighted by Gasteiger charge is -2.17. The second kappa shape index (κ2) is 6.67. The van der Waals surface area contributed by atoms with Crippen LogP contribution in [0.25, 0.3) is 0 Å². The molecule has 2 unspecified atom stereocenters. The van der Waals surface area contributed by atoms with Crippen LogP contribution in [0.5, 0.6) is 0 Å². The number of carboxylic acids is 1. The molecule has 1 rings (SSSR count). The summed E-state index contributed by atoms with van der Waals surface area (Å²) in [6, 6.07) is 4.03. The monoisotopic (exact) mass is 280 g/mol. The van der Waals surface area contributed by atoms with Gasteiger partial charge in [0.05, 0.1) is 6.10 Å². The van der Waals surface area contributed by atoms with E-state index in [2.05, 4.69) is 10.6 Å². The molecule has 4 N–H and O–H groups in total. The van der Waals surface area contributed by atoms with E-state index < -0.39 is 24.1 Å². The number of anilines is 1. The summed E-state index contributed by atoms with van der Waals surface area (Å²) >= 11 is 0. The number of aliphatic hydroxyl groups is 1. The lowest BCUT2D eigenvalue weighted by atomic mass is 10.1. The molecular weight excluding hydrogens is 264 g/mol. The van der Waals surface area contributed by atoms with E-state index in [1.54, 1.807) is 18.2 Å². The highest BCUT2D eigenvalue weighted by molar-refractivity contribution is 5.97. The van der Waals surface area contributed by atoms with Gasteiger partial charge in [0.1, 0.15) is 0 Å². The number of aliphatic carboxylic acids is 1. The number of benzene rings is 1. The van der Waals surface area contributed by atoms with E-state index >= 15 is 0 Å². The molecule has 1 aromatic carbocycles. The Kier molecular flexibility index (Phi) is 5.22. The molecule has 0 aliphatic rings. The molecule has 2 atom stereocenters. The first-order chi connectivity index (χ1) is 9.31. The molecule has 20 heavy (non-hydrogen) atoms. The summed E-state index contributed by atoms with van der Waals surface area (Å²) in [5, 5.41) is 22.6. The number of nitrogens with one attached hydrogen (secondary N) is 2. The zero-order valence-corrected chi connectivity index (χ0v) is 11.1. The Morgan fingerprint density at radius 1 is 1.25 bits per heavy atom. The highest BCUT2D eigenvalue weighted by Crippen LogP contribution is 2.11. The Bertz CT molecular complexity index is 527. The molecule has 0 bridgehead atoms. The number of rotatable bonds is 5. The van der Waals surface area contributed by atoms with Gasteiger partial charge < -0.3 is 20.8 Å². The number of hydrogen-bond donors (Lipinski definition) is 4. The number of carboxylic acid groups (broad SMARTS) is 1. The minimum absolute atomic E-state index is 0.151. The molecule has 0 aliphatic heterocycles. The lowest BCUT2D eigenvalue weighted by molar-refractivity contribution is -0.141. The van der Waals surface area contributed by atoms with Crippen LogP contribution < -0.4 is 10.6 Å². The molecule has 0 spiro atoms. The van der Waals surface area contributed by atoms with Crippen molar-refractivity contribution in [2.45, 2.75) is 26.0 Å². The number of urea groups is 1. The van der Waals surface area contributed by atoms with Crippen molar-refractivity contribution in [1.29, 1.82) is 0 Å². The number of aliphatic hydroxyl groups excluding tert-OH is 1. The molecule has 108 valence electrons. The lowest BCUT2D eigenvalue weighted by Crippen LogP contribution is -2.49. The summed E-state index contributed by atoms with van der Waals surface area (Å²) in [6.45, 7) is 2.66. The predicted octanol–water partition coefficient (Wildman–Crippen LogP) is 0.845. The fourth-order valence-corrected chi connectivity index (χ4v) is 1.51. The molecule has 0 saturated carbocycles. The Morgan fingerprint density at radius 3 is 2.40 bits per heavy atom. The van der Waals surface area contributed by atoms with E-state index in [0.717, 1.165) is 0 Å². The fourth-order valence-electron chi connectivity index (χ4n) is 1.51. The maximum atomic E-state index is 11.6. The first-order valence-electron chi connectivity index (χ1n) is 5.90. The molecule has 0 radical (unpaired) electrons. The highest BCUT2D eigenvalue weighted by Gasteiger charge is 2.24. The average molecular weight is 280 g/mol. The van der Waals surface area contributed by atoms with Crippen LogP contribution in [0.3, 0.4) is 0 Å². The summed E-state index contributed by atoms with van der Waals surface area (Å²) in [6.07, 6.45) is -1.23. The third-order valence-electron chi connectivity index (χ3n) is 2.56. The zero-order valence-electron chi connectivity index (χ0n) is 11.1. The Morgan fingerprint density at radius 2 is 1.90 bits per heavy atom. The number of carbonyl (C=O) groups excluding carboxylic acids is 2. The van der Waals surface area contributed by atoms with Gasteiger partial charge in [-0.2, -0.15) is 0 Å². The minimum atomic E-state index is -1.41. The van der Waals surface area contributed by atoms with Crippen LogP contribution in [0, 0.1) is 0 Å². The maximum absolute atomic E-state index is 11.6. The molecule has 7 nitrogen and oxygen atoms in total. The predicted molar refractivity (Wildman–Crippen MR) is 71.7 cm³/mol. The van der Waals surface area contributed by atoms with Gasteiger partial charge in [-0.1, -0.05) is 12.1 Å². The van der Waals surface area contributed by atoms with Crippen LogP contribution in [0.2, 0.25) is 0 Å². The van der Waals surface area contributed by atoms with Crippen LogP contribution in [-0.2, 0) is 4.79 Å². The van der Waals surface area contributed by atoms with Crippen molar-refractivity contribution >= 4 is 23.5 Å². The average Bonchev–Trinajstić information content (AvgIpc) is 2.35. The molecule has 2 amide bonds. The van der Waals surface area contributed by atoms with Crippen molar-refractivity contribution in [2.75, 3.05) is 5.32 Å². The van der Waals surface area contributed by atoms with E-state index in [9.17, 15) is 19.5 Å². The second-order valence-corrected chi connectivity index (χ2v) is 4.29. The maximum Gasteiger partial charge on any atom is 0.328 e. The molecule has 0 fully saturated rings. The Balaban J connectivity index is 2.73. The van der Waals surface area contributed by atoms with Gasteiger partial charge in [-0.15, -0.1) is 0 Å². The van der Waals surface area contributed by atoms with Gasteiger partial charge in [-0.3, -0.25) is 4.79 Å². The number of amides is 2. The van der Waals surface area contributed by atoms with Gasteiger partial charge in [-0.25, -0.2) is 9.59 Å². The van der Waals surface area contributed by atoms with Crippen molar-refractivity contribution in [3.05, 3.63) is 29.8 Å². The number of ketones is 1. The molecule has 1 aromatic rings. The van der Waals surface area contributed by atoms with Crippen molar-refractivity contribution in [1.82, 2.24) is 5.32 Å². The third-order valence-corrected chi connectivity index (χ3v) is 2.56. The van der Waals surface area contributed by atoms with Crippen LogP contribution in [0.1, 0.15) is 24.2 Å². The summed E-state index contributed by atoms with van der Waals surface area (Å²) in [5.74, 6) is -1.49. The van der Waals surface area contributed by atoms with E-state index in [1.165, 1.54) is 19.9 Å². The van der Waals surface area contributed by atoms with Crippen molar-refractivity contribution in [2.24, 2.45) is 0 Å². The van der Waals surface area contributed by atoms with Gasteiger partial charge in [0, 0.05) is 11.3 Å². The van der Waals surface area contributed by atoms with E-state index in [-0.39, 0.29) is 5.78 Å². The zero-order chi connectivity index (χ0) is 15.3. The third kappa shape index (κ3) is 4.36. The topological polar surface area (TPSA) is 116 Å². The van der Waals surface area contributed by atoms with E-state index in [0.29, 0.717) is 11.3 Å². The first-order valence-corrected chi connectivity index (χ1v) is 5.90. The molecule has 0 aliphatic carbocycles. The largest absolute Gasteiger partial charge is 0.480 e. The quantitative estimate of drug-likeness (QED) is 0.597. The second-order valence-electron chi connectivity index (χ2n) is 4.29.